The summed E-state index contributed by atoms with van der Waals surface area (Å²) >= 11 is 0. The summed E-state index contributed by atoms with van der Waals surface area (Å²) in [6.07, 6.45) is 0.938. The van der Waals surface area contributed by atoms with E-state index >= 15 is 0 Å². The number of aryl methyl sites for hydroxylation is 2. The maximum atomic E-state index is 12.5. The Morgan fingerprint density at radius 2 is 1.61 bits per heavy atom. The molecule has 0 saturated heterocycles. The molecule has 144 valence electrons. The van der Waals surface area contributed by atoms with Crippen molar-refractivity contribution in [1.82, 2.24) is 0 Å². The first-order valence-corrected chi connectivity index (χ1v) is 10.5. The molecule has 2 N–H and O–H groups in total. The number of amides is 1. The van der Waals surface area contributed by atoms with Gasteiger partial charge >= 0.3 is 0 Å². The molecule has 0 radical (unpaired) electrons. The van der Waals surface area contributed by atoms with Crippen LogP contribution in [0.2, 0.25) is 0 Å². The average molecular weight is 394 g/mol. The van der Waals surface area contributed by atoms with Gasteiger partial charge in [-0.05, 0) is 66.9 Å². The molecule has 28 heavy (non-hydrogen) atoms. The van der Waals surface area contributed by atoms with E-state index in [0.29, 0.717) is 22.5 Å². The SMILES string of the molecule is CCc1ccc(NC(=O)c2ccc(NS(=O)(=O)c3ccccc3)c(C)c2)cc1. The van der Waals surface area contributed by atoms with Crippen LogP contribution in [0.15, 0.2) is 77.7 Å². The fourth-order valence-corrected chi connectivity index (χ4v) is 3.90. The van der Waals surface area contributed by atoms with Gasteiger partial charge in [0.25, 0.3) is 15.9 Å². The Hall–Kier alpha value is -3.12. The fourth-order valence-electron chi connectivity index (χ4n) is 2.75. The van der Waals surface area contributed by atoms with Gasteiger partial charge < -0.3 is 5.32 Å². The van der Waals surface area contributed by atoms with Gasteiger partial charge in [0, 0.05) is 11.3 Å². The summed E-state index contributed by atoms with van der Waals surface area (Å²) in [5.41, 5.74) is 3.47. The Kier molecular flexibility index (Phi) is 5.80. The summed E-state index contributed by atoms with van der Waals surface area (Å²) in [5, 5.41) is 2.85. The van der Waals surface area contributed by atoms with Crippen LogP contribution in [0.3, 0.4) is 0 Å². The molecule has 0 aliphatic carbocycles. The van der Waals surface area contributed by atoms with Crippen molar-refractivity contribution < 1.29 is 13.2 Å². The lowest BCUT2D eigenvalue weighted by Gasteiger charge is -2.12. The Morgan fingerprint density at radius 3 is 2.21 bits per heavy atom. The normalized spacial score (nSPS) is 11.1. The summed E-state index contributed by atoms with van der Waals surface area (Å²) in [7, 11) is -3.67. The van der Waals surface area contributed by atoms with Crippen molar-refractivity contribution in [2.75, 3.05) is 10.0 Å². The van der Waals surface area contributed by atoms with E-state index in [1.807, 2.05) is 24.3 Å². The maximum Gasteiger partial charge on any atom is 0.261 e. The predicted molar refractivity (Wildman–Crippen MR) is 112 cm³/mol. The number of hydrogen-bond acceptors (Lipinski definition) is 3. The predicted octanol–water partition coefficient (Wildman–Crippen LogP) is 4.61. The fraction of sp³-hybridized carbons (Fsp3) is 0.136. The van der Waals surface area contributed by atoms with Gasteiger partial charge in [-0.3, -0.25) is 9.52 Å². The highest BCUT2D eigenvalue weighted by atomic mass is 32.2. The summed E-state index contributed by atoms with van der Waals surface area (Å²) in [6, 6.07) is 20.7. The lowest BCUT2D eigenvalue weighted by atomic mass is 10.1. The first kappa shape index (κ1) is 19.6. The van der Waals surface area contributed by atoms with Crippen molar-refractivity contribution in [3.63, 3.8) is 0 Å². The highest BCUT2D eigenvalue weighted by molar-refractivity contribution is 7.92. The molecule has 0 heterocycles. The van der Waals surface area contributed by atoms with Crippen molar-refractivity contribution in [2.45, 2.75) is 25.2 Å². The highest BCUT2D eigenvalue weighted by Gasteiger charge is 2.16. The van der Waals surface area contributed by atoms with Crippen molar-refractivity contribution in [1.29, 1.82) is 0 Å². The number of nitrogens with one attached hydrogen (secondary N) is 2. The number of carbonyl (C=O) groups is 1. The number of sulfonamides is 1. The van der Waals surface area contributed by atoms with Crippen molar-refractivity contribution in [3.8, 4) is 0 Å². The molecule has 0 unspecified atom stereocenters. The lowest BCUT2D eigenvalue weighted by Crippen LogP contribution is -2.15. The van der Waals surface area contributed by atoms with Gasteiger partial charge in [-0.15, -0.1) is 0 Å². The topological polar surface area (TPSA) is 75.3 Å². The molecule has 0 aliphatic heterocycles. The minimum absolute atomic E-state index is 0.187. The van der Waals surface area contributed by atoms with Crippen LogP contribution < -0.4 is 10.0 Å². The number of anilines is 2. The van der Waals surface area contributed by atoms with Gasteiger partial charge in [0.05, 0.1) is 10.6 Å². The molecule has 0 saturated carbocycles. The zero-order chi connectivity index (χ0) is 20.1. The van der Waals surface area contributed by atoms with Crippen LogP contribution in [0.5, 0.6) is 0 Å². The van der Waals surface area contributed by atoms with Crippen LogP contribution in [0.25, 0.3) is 0 Å². The number of rotatable bonds is 6. The smallest absolute Gasteiger partial charge is 0.261 e. The van der Waals surface area contributed by atoms with Gasteiger partial charge in [-0.1, -0.05) is 37.3 Å². The molecule has 0 atom stereocenters. The van der Waals surface area contributed by atoms with Gasteiger partial charge in [0.1, 0.15) is 0 Å². The summed E-state index contributed by atoms with van der Waals surface area (Å²) in [4.78, 5) is 12.7. The molecule has 0 fully saturated rings. The Labute approximate surface area is 165 Å². The monoisotopic (exact) mass is 394 g/mol. The third kappa shape index (κ3) is 4.58. The van der Waals surface area contributed by atoms with E-state index in [1.54, 1.807) is 43.3 Å². The van der Waals surface area contributed by atoms with E-state index in [9.17, 15) is 13.2 Å². The molecule has 0 spiro atoms. The van der Waals surface area contributed by atoms with E-state index in [1.165, 1.54) is 17.7 Å². The molecule has 0 aromatic heterocycles. The van der Waals surface area contributed by atoms with Gasteiger partial charge in [-0.25, -0.2) is 8.42 Å². The summed E-state index contributed by atoms with van der Waals surface area (Å²) in [5.74, 6) is -0.246. The molecule has 3 rings (SSSR count). The molecule has 3 aromatic carbocycles. The van der Waals surface area contributed by atoms with Crippen LogP contribution in [0, 0.1) is 6.92 Å². The maximum absolute atomic E-state index is 12.5. The van der Waals surface area contributed by atoms with Crippen molar-refractivity contribution in [3.05, 3.63) is 89.5 Å². The minimum Gasteiger partial charge on any atom is -0.322 e. The zero-order valence-corrected chi connectivity index (χ0v) is 16.6. The second-order valence-corrected chi connectivity index (χ2v) is 8.14. The minimum atomic E-state index is -3.67. The molecule has 5 nitrogen and oxygen atoms in total. The molecular formula is C22H22N2O3S. The lowest BCUT2D eigenvalue weighted by molar-refractivity contribution is 0.102. The van der Waals surface area contributed by atoms with Gasteiger partial charge in [0.15, 0.2) is 0 Å². The van der Waals surface area contributed by atoms with Gasteiger partial charge in [-0.2, -0.15) is 0 Å². The Bertz CT molecular complexity index is 1080. The van der Waals surface area contributed by atoms with Crippen LogP contribution >= 0.6 is 0 Å². The first-order valence-electron chi connectivity index (χ1n) is 8.98. The molecule has 0 bridgehead atoms. The van der Waals surface area contributed by atoms with Crippen molar-refractivity contribution >= 4 is 27.3 Å². The molecular weight excluding hydrogens is 372 g/mol. The first-order chi connectivity index (χ1) is 13.4. The number of hydrogen-bond donors (Lipinski definition) is 2. The third-order valence-electron chi connectivity index (χ3n) is 4.41. The Balaban J connectivity index is 1.75. The zero-order valence-electron chi connectivity index (χ0n) is 15.8. The van der Waals surface area contributed by atoms with Crippen LogP contribution in [0.4, 0.5) is 11.4 Å². The quantitative estimate of drug-likeness (QED) is 0.641. The molecule has 3 aromatic rings. The average Bonchev–Trinajstić information content (AvgIpc) is 2.70. The van der Waals surface area contributed by atoms with E-state index in [-0.39, 0.29) is 10.8 Å². The summed E-state index contributed by atoms with van der Waals surface area (Å²) < 4.78 is 27.5. The van der Waals surface area contributed by atoms with Gasteiger partial charge in [0.2, 0.25) is 0 Å². The van der Waals surface area contributed by atoms with Crippen LogP contribution in [-0.4, -0.2) is 14.3 Å². The molecule has 6 heteroatoms. The van der Waals surface area contributed by atoms with E-state index in [4.69, 9.17) is 0 Å². The second kappa shape index (κ2) is 8.27. The van der Waals surface area contributed by atoms with E-state index in [2.05, 4.69) is 17.0 Å². The number of carbonyl (C=O) groups excluding carboxylic acids is 1. The molecule has 1 amide bonds. The van der Waals surface area contributed by atoms with E-state index < -0.39 is 10.0 Å². The summed E-state index contributed by atoms with van der Waals surface area (Å²) in [6.45, 7) is 3.83. The highest BCUT2D eigenvalue weighted by Crippen LogP contribution is 2.21. The third-order valence-corrected chi connectivity index (χ3v) is 5.79. The standard InChI is InChI=1S/C22H22N2O3S/c1-3-17-9-12-19(13-10-17)23-22(25)18-11-14-21(16(2)15-18)24-28(26,27)20-7-5-4-6-8-20/h4-15,24H,3H2,1-2H3,(H,23,25). The van der Waals surface area contributed by atoms with E-state index in [0.717, 1.165) is 6.42 Å². The largest absolute Gasteiger partial charge is 0.322 e. The Morgan fingerprint density at radius 1 is 0.929 bits per heavy atom. The van der Waals surface area contributed by atoms with Crippen LogP contribution in [0.1, 0.15) is 28.4 Å². The van der Waals surface area contributed by atoms with Crippen LogP contribution in [-0.2, 0) is 16.4 Å². The number of benzene rings is 3. The van der Waals surface area contributed by atoms with Crippen molar-refractivity contribution in [2.24, 2.45) is 0 Å². The molecule has 0 aliphatic rings. The second-order valence-electron chi connectivity index (χ2n) is 6.45.